The van der Waals surface area contributed by atoms with Crippen molar-refractivity contribution in [2.45, 2.75) is 32.1 Å². The van der Waals surface area contributed by atoms with E-state index in [-0.39, 0.29) is 28.2 Å². The van der Waals surface area contributed by atoms with Crippen molar-refractivity contribution < 1.29 is 8.60 Å². The summed E-state index contributed by atoms with van der Waals surface area (Å²) >= 11 is 6.68. The van der Waals surface area contributed by atoms with Crippen molar-refractivity contribution in [3.05, 3.63) is 110 Å². The molecule has 1 aliphatic rings. The summed E-state index contributed by atoms with van der Waals surface area (Å²) in [6.07, 6.45) is 5.79. The summed E-state index contributed by atoms with van der Waals surface area (Å²) in [5, 5.41) is 0.208. The molecule has 0 radical (unpaired) electrons. The molecule has 1 fully saturated rings. The second-order valence-corrected chi connectivity index (χ2v) is 12.8. The van der Waals surface area contributed by atoms with Crippen LogP contribution >= 0.6 is 11.6 Å². The number of rotatable bonds is 5. The van der Waals surface area contributed by atoms with Crippen molar-refractivity contribution in [3.8, 4) is 16.9 Å². The highest BCUT2D eigenvalue weighted by Crippen LogP contribution is 2.55. The molecule has 0 amide bonds. The van der Waals surface area contributed by atoms with Crippen molar-refractivity contribution >= 4 is 27.0 Å². The molecule has 0 unspecified atom stereocenters. The van der Waals surface area contributed by atoms with Gasteiger partial charge >= 0.3 is 0 Å². The van der Waals surface area contributed by atoms with Crippen molar-refractivity contribution in [1.82, 2.24) is 9.55 Å². The lowest BCUT2D eigenvalue weighted by Gasteiger charge is -2.17. The molecule has 8 heteroatoms. The van der Waals surface area contributed by atoms with Crippen LogP contribution in [0.5, 0.6) is 0 Å². The second-order valence-electron chi connectivity index (χ2n) is 9.87. The number of aryl methyl sites for hydroxylation is 2. The summed E-state index contributed by atoms with van der Waals surface area (Å²) in [6.45, 7) is 3.80. The Morgan fingerprint density at radius 3 is 2.49 bits per heavy atom. The lowest BCUT2D eigenvalue weighted by Crippen LogP contribution is -2.23. The van der Waals surface area contributed by atoms with E-state index in [1.807, 2.05) is 44.2 Å². The van der Waals surface area contributed by atoms with Crippen LogP contribution in [0.2, 0.25) is 5.02 Å². The zero-order chi connectivity index (χ0) is 26.5. The second kappa shape index (κ2) is 9.54. The van der Waals surface area contributed by atoms with E-state index in [1.165, 1.54) is 12.1 Å². The van der Waals surface area contributed by atoms with Gasteiger partial charge in [-0.2, -0.15) is 4.36 Å². The maximum absolute atomic E-state index is 13.6. The van der Waals surface area contributed by atoms with Crippen LogP contribution in [0, 0.1) is 19.7 Å². The van der Waals surface area contributed by atoms with E-state index in [0.717, 1.165) is 34.4 Å². The van der Waals surface area contributed by atoms with E-state index in [0.29, 0.717) is 17.1 Å². The highest BCUT2D eigenvalue weighted by Gasteiger charge is 2.41. The fraction of sp³-hybridized carbons (Fsp3) is 0.241. The summed E-state index contributed by atoms with van der Waals surface area (Å²) in [5.41, 5.74) is 5.99. The minimum atomic E-state index is -2.30. The maximum atomic E-state index is 13.6. The van der Waals surface area contributed by atoms with Crippen LogP contribution in [0.15, 0.2) is 76.0 Å². The summed E-state index contributed by atoms with van der Waals surface area (Å²) < 4.78 is 31.4. The van der Waals surface area contributed by atoms with Gasteiger partial charge < -0.3 is 0 Å². The smallest absolute Gasteiger partial charge is 0.274 e. The normalized spacial score (nSPS) is 17.0. The van der Waals surface area contributed by atoms with Gasteiger partial charge in [0.05, 0.1) is 17.1 Å². The quantitative estimate of drug-likeness (QED) is 0.278. The zero-order valence-electron chi connectivity index (χ0n) is 21.0. The largest absolute Gasteiger partial charge is 0.280 e. The molecule has 0 N–H and O–H groups in total. The van der Waals surface area contributed by atoms with Crippen molar-refractivity contribution in [3.63, 3.8) is 0 Å². The lowest BCUT2D eigenvalue weighted by atomic mass is 10.0. The molecule has 5 rings (SSSR count). The molecular formula is C29H27ClFN3O2S. The number of pyridine rings is 2. The van der Waals surface area contributed by atoms with Gasteiger partial charge in [-0.05, 0) is 85.2 Å². The van der Waals surface area contributed by atoms with E-state index >= 15 is 0 Å². The minimum absolute atomic E-state index is 0.131. The number of benzene rings is 2. The molecule has 1 saturated carbocycles. The lowest BCUT2D eigenvalue weighted by molar-refractivity contribution is 0.627. The molecule has 4 aromatic rings. The van der Waals surface area contributed by atoms with Crippen LogP contribution in [0.25, 0.3) is 16.9 Å². The number of aromatic nitrogens is 2. The van der Waals surface area contributed by atoms with E-state index in [2.05, 4.69) is 9.35 Å². The number of hydrogen-bond donors (Lipinski definition) is 0. The van der Waals surface area contributed by atoms with Crippen molar-refractivity contribution in [1.29, 1.82) is 0 Å². The van der Waals surface area contributed by atoms with Crippen LogP contribution in [-0.2, 0) is 9.73 Å². The predicted molar refractivity (Wildman–Crippen MR) is 148 cm³/mol. The summed E-state index contributed by atoms with van der Waals surface area (Å²) in [5.74, 6) is 0.0913. The van der Waals surface area contributed by atoms with Crippen LogP contribution in [0.3, 0.4) is 0 Å². The Morgan fingerprint density at radius 1 is 1.05 bits per heavy atom. The SMILES string of the molecule is Cc1cnc(-c2cccc(N=S(C)(C)=O)c2)cc1-n1c(C)cc([C@H]2C[C@@H]2c2ccc(F)cc2)c(Cl)c1=O. The monoisotopic (exact) mass is 535 g/mol. The number of halogens is 2. The minimum Gasteiger partial charge on any atom is -0.280 e. The van der Waals surface area contributed by atoms with Gasteiger partial charge in [-0.15, -0.1) is 0 Å². The topological polar surface area (TPSA) is 64.3 Å². The first-order valence-electron chi connectivity index (χ1n) is 11.9. The molecule has 0 bridgehead atoms. The molecule has 2 atom stereocenters. The predicted octanol–water partition coefficient (Wildman–Crippen LogP) is 6.94. The number of nitrogens with zero attached hydrogens (tertiary/aromatic N) is 3. The van der Waals surface area contributed by atoms with E-state index in [9.17, 15) is 13.4 Å². The molecule has 190 valence electrons. The zero-order valence-corrected chi connectivity index (χ0v) is 22.6. The average Bonchev–Trinajstić information content (AvgIpc) is 3.63. The third-order valence-corrected chi connectivity index (χ3v) is 7.66. The maximum Gasteiger partial charge on any atom is 0.274 e. The Morgan fingerprint density at radius 2 is 1.78 bits per heavy atom. The Hall–Kier alpha value is -3.29. The molecule has 2 aromatic heterocycles. The molecule has 2 heterocycles. The van der Waals surface area contributed by atoms with Crippen LogP contribution in [0.1, 0.15) is 40.6 Å². The number of hydrogen-bond acceptors (Lipinski definition) is 4. The third kappa shape index (κ3) is 5.24. The molecular weight excluding hydrogens is 509 g/mol. The van der Waals surface area contributed by atoms with Gasteiger partial charge in [0, 0.05) is 39.7 Å². The summed E-state index contributed by atoms with van der Waals surface area (Å²) in [4.78, 5) is 18.1. The first kappa shape index (κ1) is 25.4. The third-order valence-electron chi connectivity index (χ3n) is 6.63. The molecule has 37 heavy (non-hydrogen) atoms. The highest BCUT2D eigenvalue weighted by molar-refractivity contribution is 7.92. The van der Waals surface area contributed by atoms with Crippen LogP contribution < -0.4 is 5.56 Å². The molecule has 2 aromatic carbocycles. The van der Waals surface area contributed by atoms with Gasteiger partial charge in [-0.25, -0.2) is 8.60 Å². The van der Waals surface area contributed by atoms with Gasteiger partial charge in [0.15, 0.2) is 0 Å². The molecule has 0 saturated heterocycles. The van der Waals surface area contributed by atoms with Gasteiger partial charge in [0.2, 0.25) is 0 Å². The molecule has 0 aliphatic heterocycles. The van der Waals surface area contributed by atoms with E-state index < -0.39 is 9.73 Å². The Labute approximate surface area is 221 Å². The first-order valence-corrected chi connectivity index (χ1v) is 14.6. The van der Waals surface area contributed by atoms with Gasteiger partial charge in [-0.1, -0.05) is 35.9 Å². The summed E-state index contributed by atoms with van der Waals surface area (Å²) in [6, 6.07) is 17.8. The average molecular weight is 536 g/mol. The fourth-order valence-electron chi connectivity index (χ4n) is 4.81. The van der Waals surface area contributed by atoms with E-state index in [1.54, 1.807) is 41.5 Å². The summed E-state index contributed by atoms with van der Waals surface area (Å²) in [7, 11) is -2.30. The standard InChI is InChI=1S/C29H27ClFN3O2S/c1-17-16-32-26(20-6-5-7-22(13-20)33-37(3,4)36)15-27(17)34-18(2)12-25(28(30)29(34)35)24-14-23(24)19-8-10-21(31)11-9-19/h5-13,15-16,23-24H,14H2,1-4H3/t23-,24+/m1/s1. The molecule has 5 nitrogen and oxygen atoms in total. The molecule has 1 aliphatic carbocycles. The van der Waals surface area contributed by atoms with E-state index in [4.69, 9.17) is 11.6 Å². The van der Waals surface area contributed by atoms with Crippen LogP contribution in [0.4, 0.5) is 10.1 Å². The van der Waals surface area contributed by atoms with Crippen molar-refractivity contribution in [2.24, 2.45) is 4.36 Å². The van der Waals surface area contributed by atoms with Gasteiger partial charge in [0.25, 0.3) is 5.56 Å². The van der Waals surface area contributed by atoms with Gasteiger partial charge in [0.1, 0.15) is 10.8 Å². The van der Waals surface area contributed by atoms with Gasteiger partial charge in [-0.3, -0.25) is 14.3 Å². The van der Waals surface area contributed by atoms with Crippen LogP contribution in [-0.4, -0.2) is 26.3 Å². The first-order chi connectivity index (χ1) is 17.5. The fourth-order valence-corrected chi connectivity index (χ4v) is 5.71. The van der Waals surface area contributed by atoms with Crippen molar-refractivity contribution in [2.75, 3.05) is 12.5 Å². The Balaban J connectivity index is 1.53. The molecule has 0 spiro atoms. The highest BCUT2D eigenvalue weighted by atomic mass is 35.5. The Bertz CT molecular complexity index is 1700. The Kier molecular flexibility index (Phi) is 6.54.